The number of benzene rings is 3. The van der Waals surface area contributed by atoms with E-state index in [1.165, 1.54) is 24.8 Å². The van der Waals surface area contributed by atoms with Crippen molar-refractivity contribution in [3.8, 4) is 0 Å². The molecule has 1 aliphatic heterocycles. The zero-order chi connectivity index (χ0) is 19.9. The van der Waals surface area contributed by atoms with Crippen molar-refractivity contribution in [2.45, 2.75) is 30.8 Å². The van der Waals surface area contributed by atoms with E-state index in [4.69, 9.17) is 0 Å². The van der Waals surface area contributed by atoms with E-state index in [1.807, 2.05) is 42.5 Å². The van der Waals surface area contributed by atoms with Gasteiger partial charge in [-0.25, -0.2) is 0 Å². The molecule has 1 aliphatic rings. The molecule has 29 heavy (non-hydrogen) atoms. The van der Waals surface area contributed by atoms with Crippen molar-refractivity contribution in [2.24, 2.45) is 5.11 Å². The van der Waals surface area contributed by atoms with Crippen molar-refractivity contribution in [1.82, 2.24) is 4.90 Å². The maximum atomic E-state index is 9.76. The Kier molecular flexibility index (Phi) is 5.95. The van der Waals surface area contributed by atoms with Crippen LogP contribution in [0.15, 0.2) is 96.1 Å². The van der Waals surface area contributed by atoms with Gasteiger partial charge in [0.05, 0.1) is 6.04 Å². The maximum Gasteiger partial charge on any atom is 0.118 e. The summed E-state index contributed by atoms with van der Waals surface area (Å²) in [5.41, 5.74) is 12.1. The lowest BCUT2D eigenvalue weighted by molar-refractivity contribution is 0.113. The predicted octanol–water partition coefficient (Wildman–Crippen LogP) is 6.47. The first kappa shape index (κ1) is 19.3. The van der Waals surface area contributed by atoms with Crippen molar-refractivity contribution in [1.29, 1.82) is 0 Å². The Morgan fingerprint density at radius 2 is 1.21 bits per heavy atom. The molecule has 0 radical (unpaired) electrons. The Balaban J connectivity index is 2.01. The summed E-state index contributed by atoms with van der Waals surface area (Å²) >= 11 is 0. The molecule has 0 bridgehead atoms. The van der Waals surface area contributed by atoms with E-state index >= 15 is 0 Å². The quantitative estimate of drug-likeness (QED) is 0.274. The molecule has 3 aromatic carbocycles. The highest BCUT2D eigenvalue weighted by Crippen LogP contribution is 2.48. The van der Waals surface area contributed by atoms with E-state index in [-0.39, 0.29) is 6.04 Å². The molecule has 4 rings (SSSR count). The van der Waals surface area contributed by atoms with Gasteiger partial charge in [-0.2, -0.15) is 0 Å². The third-order valence-corrected chi connectivity index (χ3v) is 5.90. The van der Waals surface area contributed by atoms with Gasteiger partial charge in [0.1, 0.15) is 5.54 Å². The van der Waals surface area contributed by atoms with E-state index in [9.17, 15) is 5.53 Å². The lowest BCUT2D eigenvalue weighted by atomic mass is 9.73. The molecule has 0 saturated carbocycles. The Bertz CT molecular complexity index is 904. The van der Waals surface area contributed by atoms with Gasteiger partial charge in [-0.3, -0.25) is 4.90 Å². The number of hydrogen-bond acceptors (Lipinski definition) is 2. The van der Waals surface area contributed by atoms with Gasteiger partial charge in [0.25, 0.3) is 0 Å². The van der Waals surface area contributed by atoms with Crippen molar-refractivity contribution in [2.75, 3.05) is 13.1 Å². The first-order valence-electron chi connectivity index (χ1n) is 10.3. The van der Waals surface area contributed by atoms with Gasteiger partial charge in [0, 0.05) is 4.91 Å². The fourth-order valence-electron chi connectivity index (χ4n) is 4.64. The van der Waals surface area contributed by atoms with Crippen LogP contribution in [0.25, 0.3) is 10.4 Å². The van der Waals surface area contributed by atoms with Crippen molar-refractivity contribution in [3.05, 3.63) is 118 Å². The lowest BCUT2D eigenvalue weighted by Crippen LogP contribution is -2.46. The third-order valence-electron chi connectivity index (χ3n) is 5.90. The fraction of sp³-hybridized carbons (Fsp3) is 0.280. The number of likely N-dealkylation sites (tertiary alicyclic amines) is 1. The molecule has 0 amide bonds. The smallest absolute Gasteiger partial charge is 0.118 e. The molecule has 4 heteroatoms. The molecule has 0 spiro atoms. The molecule has 1 heterocycles. The van der Waals surface area contributed by atoms with Crippen LogP contribution in [0.4, 0.5) is 0 Å². The maximum absolute atomic E-state index is 9.76. The van der Waals surface area contributed by atoms with Crippen LogP contribution in [-0.4, -0.2) is 18.0 Å². The number of piperidine rings is 1. The molecule has 1 saturated heterocycles. The van der Waals surface area contributed by atoms with Crippen LogP contribution in [0.3, 0.4) is 0 Å². The molecule has 146 valence electrons. The Labute approximate surface area is 172 Å². The number of hydrogen-bond donors (Lipinski definition) is 0. The summed E-state index contributed by atoms with van der Waals surface area (Å²) < 4.78 is 0. The summed E-state index contributed by atoms with van der Waals surface area (Å²) in [7, 11) is 0. The van der Waals surface area contributed by atoms with Crippen LogP contribution in [0.5, 0.6) is 0 Å². The summed E-state index contributed by atoms with van der Waals surface area (Å²) in [6, 6.07) is 30.9. The summed E-state index contributed by atoms with van der Waals surface area (Å²) in [6.45, 7) is 2.00. The van der Waals surface area contributed by atoms with Gasteiger partial charge in [-0.05, 0) is 48.2 Å². The average molecular weight is 383 g/mol. The predicted molar refractivity (Wildman–Crippen MR) is 117 cm³/mol. The van der Waals surface area contributed by atoms with E-state index in [0.717, 1.165) is 24.2 Å². The van der Waals surface area contributed by atoms with Crippen LogP contribution in [0.1, 0.15) is 42.0 Å². The Morgan fingerprint density at radius 1 is 0.724 bits per heavy atom. The number of nitrogens with zero attached hydrogens (tertiary/aromatic N) is 4. The van der Waals surface area contributed by atoms with Crippen molar-refractivity contribution >= 4 is 0 Å². The largest absolute Gasteiger partial charge is 0.295 e. The first-order valence-corrected chi connectivity index (χ1v) is 10.3. The second-order valence-corrected chi connectivity index (χ2v) is 7.60. The average Bonchev–Trinajstić information content (AvgIpc) is 2.81. The van der Waals surface area contributed by atoms with Gasteiger partial charge in [-0.15, -0.1) is 0 Å². The van der Waals surface area contributed by atoms with Crippen molar-refractivity contribution in [3.63, 3.8) is 0 Å². The van der Waals surface area contributed by atoms with Crippen LogP contribution in [0, 0.1) is 0 Å². The standard InChI is InChI=1S/C25H26N4/c26-28-27-25(22-15-7-2-8-16-22,23-17-9-3-10-18-23)24(21-13-5-1-6-14-21)29-19-11-4-12-20-29/h1-3,5-10,13-18,24H,4,11-12,19-20H2/t24-/m0/s1. The normalized spacial score (nSPS) is 16.0. The number of rotatable bonds is 6. The molecular formula is C25H26N4. The van der Waals surface area contributed by atoms with Crippen LogP contribution in [-0.2, 0) is 5.54 Å². The van der Waals surface area contributed by atoms with Gasteiger partial charge in [0.15, 0.2) is 0 Å². The van der Waals surface area contributed by atoms with Crippen LogP contribution in [0.2, 0.25) is 0 Å². The molecular weight excluding hydrogens is 356 g/mol. The minimum Gasteiger partial charge on any atom is -0.295 e. The summed E-state index contributed by atoms with van der Waals surface area (Å²) in [6.07, 6.45) is 3.59. The van der Waals surface area contributed by atoms with Gasteiger partial charge in [-0.1, -0.05) is 103 Å². The highest BCUT2D eigenvalue weighted by atomic mass is 15.3. The minimum atomic E-state index is -0.851. The van der Waals surface area contributed by atoms with E-state index in [2.05, 4.69) is 63.5 Å². The first-order chi connectivity index (χ1) is 14.4. The van der Waals surface area contributed by atoms with Gasteiger partial charge < -0.3 is 0 Å². The molecule has 4 nitrogen and oxygen atoms in total. The van der Waals surface area contributed by atoms with Crippen LogP contribution < -0.4 is 0 Å². The minimum absolute atomic E-state index is 0.0790. The summed E-state index contributed by atoms with van der Waals surface area (Å²) in [5.74, 6) is 0. The lowest BCUT2D eigenvalue weighted by Gasteiger charge is -2.46. The molecule has 0 unspecified atom stereocenters. The van der Waals surface area contributed by atoms with Gasteiger partial charge in [0.2, 0.25) is 0 Å². The summed E-state index contributed by atoms with van der Waals surface area (Å²) in [4.78, 5) is 5.91. The Hall–Kier alpha value is -3.07. The highest BCUT2D eigenvalue weighted by Gasteiger charge is 2.45. The third kappa shape index (κ3) is 3.77. The SMILES string of the molecule is [N-]=[N+]=NC(c1ccccc1)(c1ccccc1)[C@H](c1ccccc1)N1CCCCC1. The molecule has 0 aliphatic carbocycles. The number of azide groups is 1. The highest BCUT2D eigenvalue weighted by molar-refractivity contribution is 5.44. The van der Waals surface area contributed by atoms with Crippen molar-refractivity contribution < 1.29 is 0 Å². The van der Waals surface area contributed by atoms with E-state index < -0.39 is 5.54 Å². The zero-order valence-electron chi connectivity index (χ0n) is 16.6. The molecule has 1 atom stereocenters. The van der Waals surface area contributed by atoms with E-state index in [0.29, 0.717) is 0 Å². The van der Waals surface area contributed by atoms with Gasteiger partial charge >= 0.3 is 0 Å². The second kappa shape index (κ2) is 8.95. The van der Waals surface area contributed by atoms with E-state index in [1.54, 1.807) is 0 Å². The summed E-state index contributed by atoms with van der Waals surface area (Å²) in [5, 5.41) is 4.59. The fourth-order valence-corrected chi connectivity index (χ4v) is 4.64. The molecule has 0 aromatic heterocycles. The topological polar surface area (TPSA) is 52.0 Å². The Morgan fingerprint density at radius 3 is 1.69 bits per heavy atom. The molecule has 3 aromatic rings. The van der Waals surface area contributed by atoms with Crippen LogP contribution >= 0.6 is 0 Å². The zero-order valence-corrected chi connectivity index (χ0v) is 16.6. The second-order valence-electron chi connectivity index (χ2n) is 7.60. The monoisotopic (exact) mass is 382 g/mol. The molecule has 0 N–H and O–H groups in total. The molecule has 1 fully saturated rings.